The highest BCUT2D eigenvalue weighted by Crippen LogP contribution is 2.31. The summed E-state index contributed by atoms with van der Waals surface area (Å²) in [4.78, 5) is 12.0. The molecule has 0 fully saturated rings. The maximum Gasteiger partial charge on any atom is 0.416 e. The average molecular weight is 376 g/mol. The Hall–Kier alpha value is -3.01. The summed E-state index contributed by atoms with van der Waals surface area (Å²) in [5, 5.41) is 9.23. The van der Waals surface area contributed by atoms with E-state index in [-0.39, 0.29) is 11.7 Å². The van der Waals surface area contributed by atoms with Crippen LogP contribution in [0.15, 0.2) is 35.9 Å². The minimum Gasteiger partial charge on any atom is -0.459 e. The topological polar surface area (TPSA) is 55.0 Å². The SMILES string of the molecule is Cc1cc(/C=C(\C#N)C(=O)OC(C)C)c(C)n1-c1cccc(C(F)(F)F)c1. The molecule has 2 aromatic rings. The fraction of sp³-hybridized carbons (Fsp3) is 0.300. The van der Waals surface area contributed by atoms with Gasteiger partial charge in [-0.3, -0.25) is 0 Å². The number of nitrogens with zero attached hydrogens (tertiary/aromatic N) is 2. The van der Waals surface area contributed by atoms with E-state index in [4.69, 9.17) is 4.74 Å². The maximum absolute atomic E-state index is 13.0. The molecule has 1 aromatic heterocycles. The van der Waals surface area contributed by atoms with Gasteiger partial charge in [-0.15, -0.1) is 0 Å². The minimum atomic E-state index is -4.44. The van der Waals surface area contributed by atoms with Crippen molar-refractivity contribution in [2.75, 3.05) is 0 Å². The summed E-state index contributed by atoms with van der Waals surface area (Å²) in [5.41, 5.74) is 1.27. The molecule has 0 saturated carbocycles. The summed E-state index contributed by atoms with van der Waals surface area (Å²) >= 11 is 0. The van der Waals surface area contributed by atoms with Crippen molar-refractivity contribution >= 4 is 12.0 Å². The number of carbonyl (C=O) groups excluding carboxylic acids is 1. The van der Waals surface area contributed by atoms with Gasteiger partial charge in [-0.05, 0) is 63.6 Å². The summed E-state index contributed by atoms with van der Waals surface area (Å²) in [5.74, 6) is -0.739. The van der Waals surface area contributed by atoms with Gasteiger partial charge in [0.25, 0.3) is 0 Å². The second-order valence-corrected chi connectivity index (χ2v) is 6.33. The molecule has 7 heteroatoms. The Labute approximate surface area is 155 Å². The molecule has 0 radical (unpaired) electrons. The third kappa shape index (κ3) is 4.59. The van der Waals surface area contributed by atoms with Crippen LogP contribution < -0.4 is 0 Å². The van der Waals surface area contributed by atoms with Crippen molar-refractivity contribution in [2.24, 2.45) is 0 Å². The summed E-state index contributed by atoms with van der Waals surface area (Å²) in [7, 11) is 0. The van der Waals surface area contributed by atoms with E-state index in [2.05, 4.69) is 0 Å². The number of alkyl halides is 3. The van der Waals surface area contributed by atoms with Crippen LogP contribution in [-0.4, -0.2) is 16.6 Å². The highest BCUT2D eigenvalue weighted by molar-refractivity contribution is 5.98. The Morgan fingerprint density at radius 3 is 2.48 bits per heavy atom. The number of carbonyl (C=O) groups is 1. The number of benzene rings is 1. The minimum absolute atomic E-state index is 0.173. The smallest absolute Gasteiger partial charge is 0.416 e. The summed E-state index contributed by atoms with van der Waals surface area (Å²) < 4.78 is 45.7. The van der Waals surface area contributed by atoms with Crippen LogP contribution in [0.2, 0.25) is 0 Å². The molecule has 0 aliphatic carbocycles. The predicted molar refractivity (Wildman–Crippen MR) is 95.1 cm³/mol. The number of aromatic nitrogens is 1. The number of nitriles is 1. The van der Waals surface area contributed by atoms with Gasteiger partial charge in [0, 0.05) is 17.1 Å². The summed E-state index contributed by atoms with van der Waals surface area (Å²) in [6.07, 6.45) is -3.42. The highest BCUT2D eigenvalue weighted by atomic mass is 19.4. The molecule has 0 spiro atoms. The number of halogens is 3. The van der Waals surface area contributed by atoms with Crippen molar-refractivity contribution in [1.82, 2.24) is 4.57 Å². The zero-order chi connectivity index (χ0) is 20.4. The first kappa shape index (κ1) is 20.3. The van der Waals surface area contributed by atoms with Crippen LogP contribution in [-0.2, 0) is 15.7 Å². The van der Waals surface area contributed by atoms with Crippen LogP contribution in [0.3, 0.4) is 0 Å². The molecule has 27 heavy (non-hydrogen) atoms. The first-order valence-corrected chi connectivity index (χ1v) is 8.24. The Morgan fingerprint density at radius 2 is 1.93 bits per heavy atom. The molecule has 0 aliphatic heterocycles. The van der Waals surface area contributed by atoms with Gasteiger partial charge in [0.2, 0.25) is 0 Å². The maximum atomic E-state index is 13.0. The van der Waals surface area contributed by atoms with Crippen LogP contribution in [0, 0.1) is 25.2 Å². The van der Waals surface area contributed by atoms with Crippen molar-refractivity contribution in [2.45, 2.75) is 40.0 Å². The van der Waals surface area contributed by atoms with E-state index >= 15 is 0 Å². The largest absolute Gasteiger partial charge is 0.459 e. The lowest BCUT2D eigenvalue weighted by Crippen LogP contribution is -2.12. The molecule has 0 atom stereocenters. The van der Waals surface area contributed by atoms with Crippen molar-refractivity contribution in [1.29, 1.82) is 5.26 Å². The Kier molecular flexibility index (Phi) is 5.79. The van der Waals surface area contributed by atoms with Gasteiger partial charge in [-0.25, -0.2) is 4.79 Å². The van der Waals surface area contributed by atoms with E-state index in [1.807, 2.05) is 6.07 Å². The van der Waals surface area contributed by atoms with Crippen molar-refractivity contribution in [3.05, 3.63) is 58.4 Å². The molecular weight excluding hydrogens is 357 g/mol. The second kappa shape index (κ2) is 7.70. The summed E-state index contributed by atoms with van der Waals surface area (Å²) in [6, 6.07) is 8.49. The molecule has 1 heterocycles. The van der Waals surface area contributed by atoms with E-state index in [1.165, 1.54) is 12.1 Å². The predicted octanol–water partition coefficient (Wildman–Crippen LogP) is 4.97. The average Bonchev–Trinajstić information content (AvgIpc) is 2.84. The van der Waals surface area contributed by atoms with E-state index in [0.717, 1.165) is 12.1 Å². The number of rotatable bonds is 4. The lowest BCUT2D eigenvalue weighted by atomic mass is 10.1. The van der Waals surface area contributed by atoms with Crippen molar-refractivity contribution < 1.29 is 22.7 Å². The Bertz CT molecular complexity index is 932. The van der Waals surface area contributed by atoms with Crippen LogP contribution >= 0.6 is 0 Å². The standard InChI is InChI=1S/C20H19F3N2O2/c1-12(2)27-19(26)16(11-24)9-15-8-13(3)25(14(15)4)18-7-5-6-17(10-18)20(21,22)23/h5-10,12H,1-4H3/b16-9+. The Balaban J connectivity index is 2.50. The number of hydrogen-bond donors (Lipinski definition) is 0. The third-order valence-corrected chi connectivity index (χ3v) is 3.88. The van der Waals surface area contributed by atoms with Crippen LogP contribution in [0.25, 0.3) is 11.8 Å². The molecule has 0 amide bonds. The molecule has 142 valence electrons. The van der Waals surface area contributed by atoms with E-state index in [9.17, 15) is 23.2 Å². The van der Waals surface area contributed by atoms with Crippen LogP contribution in [0.1, 0.15) is 36.4 Å². The molecule has 4 nitrogen and oxygen atoms in total. The van der Waals surface area contributed by atoms with Gasteiger partial charge in [0.1, 0.15) is 11.6 Å². The number of hydrogen-bond acceptors (Lipinski definition) is 3. The lowest BCUT2D eigenvalue weighted by molar-refractivity contribution is -0.142. The molecule has 1 aromatic carbocycles. The van der Waals surface area contributed by atoms with Crippen molar-refractivity contribution in [3.8, 4) is 11.8 Å². The quantitative estimate of drug-likeness (QED) is 0.430. The van der Waals surface area contributed by atoms with Gasteiger partial charge in [-0.2, -0.15) is 18.4 Å². The second-order valence-electron chi connectivity index (χ2n) is 6.33. The fourth-order valence-electron chi connectivity index (χ4n) is 2.72. The fourth-order valence-corrected chi connectivity index (χ4v) is 2.72. The molecule has 0 saturated heterocycles. The monoisotopic (exact) mass is 376 g/mol. The molecule has 2 rings (SSSR count). The first-order chi connectivity index (χ1) is 12.5. The van der Waals surface area contributed by atoms with Gasteiger partial charge < -0.3 is 9.30 Å². The van der Waals surface area contributed by atoms with Gasteiger partial charge in [-0.1, -0.05) is 6.07 Å². The van der Waals surface area contributed by atoms with Gasteiger partial charge >= 0.3 is 12.1 Å². The summed E-state index contributed by atoms with van der Waals surface area (Å²) in [6.45, 7) is 6.80. The lowest BCUT2D eigenvalue weighted by Gasteiger charge is -2.13. The molecule has 0 N–H and O–H groups in total. The molecule has 0 aliphatic rings. The van der Waals surface area contributed by atoms with E-state index in [0.29, 0.717) is 22.6 Å². The molecular formula is C20H19F3N2O2. The first-order valence-electron chi connectivity index (χ1n) is 8.24. The number of ether oxygens (including phenoxy) is 1. The van der Waals surface area contributed by atoms with Crippen LogP contribution in [0.4, 0.5) is 13.2 Å². The highest BCUT2D eigenvalue weighted by Gasteiger charge is 2.30. The molecule has 0 bridgehead atoms. The van der Waals surface area contributed by atoms with Crippen LogP contribution in [0.5, 0.6) is 0 Å². The normalized spacial score (nSPS) is 12.2. The molecule has 0 unspecified atom stereocenters. The zero-order valence-corrected chi connectivity index (χ0v) is 15.4. The van der Waals surface area contributed by atoms with Gasteiger partial charge in [0.15, 0.2) is 0 Å². The van der Waals surface area contributed by atoms with Gasteiger partial charge in [0.05, 0.1) is 11.7 Å². The van der Waals surface area contributed by atoms with E-state index < -0.39 is 17.7 Å². The zero-order valence-electron chi connectivity index (χ0n) is 15.4. The number of aryl methyl sites for hydroxylation is 1. The number of esters is 1. The van der Waals surface area contributed by atoms with Crippen molar-refractivity contribution in [3.63, 3.8) is 0 Å². The Morgan fingerprint density at radius 1 is 1.26 bits per heavy atom. The third-order valence-electron chi connectivity index (χ3n) is 3.88. The van der Waals surface area contributed by atoms with E-state index in [1.54, 1.807) is 44.4 Å².